The van der Waals surface area contributed by atoms with E-state index >= 15 is 0 Å². The summed E-state index contributed by atoms with van der Waals surface area (Å²) in [6.45, 7) is 4.02. The zero-order chi connectivity index (χ0) is 11.7. The van der Waals surface area contributed by atoms with Gasteiger partial charge in [0.25, 0.3) is 0 Å². The van der Waals surface area contributed by atoms with Crippen molar-refractivity contribution in [3.63, 3.8) is 0 Å². The van der Waals surface area contributed by atoms with E-state index in [1.54, 1.807) is 0 Å². The van der Waals surface area contributed by atoms with Gasteiger partial charge in [0.15, 0.2) is 0 Å². The molecule has 0 fully saturated rings. The minimum Gasteiger partial charge on any atom is -0.312 e. The number of halogens is 1. The van der Waals surface area contributed by atoms with Crippen molar-refractivity contribution < 1.29 is 0 Å². The third kappa shape index (κ3) is 2.08. The van der Waals surface area contributed by atoms with E-state index < -0.39 is 0 Å². The zero-order valence-corrected chi connectivity index (χ0v) is 11.2. The van der Waals surface area contributed by atoms with Gasteiger partial charge in [0, 0.05) is 15.9 Å². The molecule has 0 spiro atoms. The Kier molecular flexibility index (Phi) is 3.21. The summed E-state index contributed by atoms with van der Waals surface area (Å²) in [5.74, 6) is 0.812. The lowest BCUT2D eigenvalue weighted by Gasteiger charge is -2.13. The number of nitrogens with one attached hydrogen (secondary N) is 1. The minimum atomic E-state index is 0.221. The van der Waals surface area contributed by atoms with E-state index in [1.165, 1.54) is 0 Å². The Balaban J connectivity index is 2.74. The summed E-state index contributed by atoms with van der Waals surface area (Å²) in [4.78, 5) is 8.95. The molecule has 1 N–H and O–H groups in total. The van der Waals surface area contributed by atoms with Crippen molar-refractivity contribution in [1.29, 1.82) is 0 Å². The monoisotopic (exact) mass is 279 g/mol. The Morgan fingerprint density at radius 1 is 1.31 bits per heavy atom. The summed E-state index contributed by atoms with van der Waals surface area (Å²) >= 11 is 3.48. The fourth-order valence-electron chi connectivity index (χ4n) is 1.71. The van der Waals surface area contributed by atoms with Crippen molar-refractivity contribution in [2.75, 3.05) is 7.05 Å². The van der Waals surface area contributed by atoms with E-state index in [9.17, 15) is 0 Å². The molecule has 0 aliphatic heterocycles. The molecular weight excluding hydrogens is 266 g/mol. The number of aryl methyl sites for hydroxylation is 1. The molecule has 1 aromatic carbocycles. The molecule has 1 aromatic heterocycles. The summed E-state index contributed by atoms with van der Waals surface area (Å²) in [6, 6.07) is 6.30. The van der Waals surface area contributed by atoms with Crippen LogP contribution in [0.15, 0.2) is 22.7 Å². The third-order valence-corrected chi connectivity index (χ3v) is 3.14. The summed E-state index contributed by atoms with van der Waals surface area (Å²) < 4.78 is 1.05. The van der Waals surface area contributed by atoms with Crippen molar-refractivity contribution >= 4 is 26.8 Å². The Bertz CT molecular complexity index is 525. The van der Waals surface area contributed by atoms with Gasteiger partial charge in [0.2, 0.25) is 0 Å². The summed E-state index contributed by atoms with van der Waals surface area (Å²) in [6.07, 6.45) is 0. The molecule has 0 aliphatic carbocycles. The maximum Gasteiger partial charge on any atom is 0.126 e. The SMILES string of the molecule is CNC(C)c1nc(C)nc2ccc(Br)cc12. The molecule has 0 bridgehead atoms. The first kappa shape index (κ1) is 11.5. The second-order valence-corrected chi connectivity index (χ2v) is 4.74. The van der Waals surface area contributed by atoms with Gasteiger partial charge in [-0.15, -0.1) is 0 Å². The highest BCUT2D eigenvalue weighted by molar-refractivity contribution is 9.10. The van der Waals surface area contributed by atoms with E-state index in [2.05, 4.69) is 44.2 Å². The molecule has 0 saturated carbocycles. The Hall–Kier alpha value is -1.000. The number of nitrogens with zero attached hydrogens (tertiary/aromatic N) is 2. The fourth-order valence-corrected chi connectivity index (χ4v) is 2.07. The fraction of sp³-hybridized carbons (Fsp3) is 0.333. The highest BCUT2D eigenvalue weighted by Gasteiger charge is 2.11. The molecular formula is C12H14BrN3. The van der Waals surface area contributed by atoms with Crippen molar-refractivity contribution in [3.05, 3.63) is 34.2 Å². The van der Waals surface area contributed by atoms with Gasteiger partial charge in [-0.05, 0) is 39.1 Å². The number of fused-ring (bicyclic) bond motifs is 1. The van der Waals surface area contributed by atoms with Gasteiger partial charge in [-0.1, -0.05) is 15.9 Å². The minimum absolute atomic E-state index is 0.221. The number of hydrogen-bond donors (Lipinski definition) is 1. The van der Waals surface area contributed by atoms with Gasteiger partial charge < -0.3 is 5.32 Å². The number of hydrogen-bond acceptors (Lipinski definition) is 3. The van der Waals surface area contributed by atoms with Crippen molar-refractivity contribution in [2.45, 2.75) is 19.9 Å². The number of rotatable bonds is 2. The lowest BCUT2D eigenvalue weighted by molar-refractivity contribution is 0.634. The van der Waals surface area contributed by atoms with Crippen LogP contribution in [-0.4, -0.2) is 17.0 Å². The van der Waals surface area contributed by atoms with Gasteiger partial charge in [0.05, 0.1) is 11.2 Å². The molecule has 1 unspecified atom stereocenters. The van der Waals surface area contributed by atoms with E-state index in [4.69, 9.17) is 0 Å². The van der Waals surface area contributed by atoms with Crippen LogP contribution in [0.1, 0.15) is 24.5 Å². The average molecular weight is 280 g/mol. The predicted octanol–water partition coefficient (Wildman–Crippen LogP) is 2.98. The molecule has 1 heterocycles. The highest BCUT2D eigenvalue weighted by Crippen LogP contribution is 2.24. The quantitative estimate of drug-likeness (QED) is 0.919. The average Bonchev–Trinajstić information content (AvgIpc) is 2.27. The van der Waals surface area contributed by atoms with Crippen molar-refractivity contribution in [3.8, 4) is 0 Å². The van der Waals surface area contributed by atoms with Crippen molar-refractivity contribution in [2.24, 2.45) is 0 Å². The van der Waals surface area contributed by atoms with E-state index in [1.807, 2.05) is 26.1 Å². The summed E-state index contributed by atoms with van der Waals surface area (Å²) in [7, 11) is 1.94. The molecule has 3 nitrogen and oxygen atoms in total. The Labute approximate surface area is 103 Å². The second-order valence-electron chi connectivity index (χ2n) is 3.83. The van der Waals surface area contributed by atoms with E-state index in [0.717, 1.165) is 26.9 Å². The van der Waals surface area contributed by atoms with Crippen LogP contribution < -0.4 is 5.32 Å². The van der Waals surface area contributed by atoms with Gasteiger partial charge >= 0.3 is 0 Å². The first-order valence-electron chi connectivity index (χ1n) is 5.23. The lowest BCUT2D eigenvalue weighted by Crippen LogP contribution is -2.15. The molecule has 0 aliphatic rings. The van der Waals surface area contributed by atoms with Crippen LogP contribution in [0.25, 0.3) is 10.9 Å². The molecule has 0 amide bonds. The maximum absolute atomic E-state index is 4.52. The van der Waals surface area contributed by atoms with Crippen LogP contribution in [0.5, 0.6) is 0 Å². The standard InChI is InChI=1S/C12H14BrN3/c1-7(14-3)12-10-6-9(13)4-5-11(10)15-8(2)16-12/h4-7,14H,1-3H3. The topological polar surface area (TPSA) is 37.8 Å². The zero-order valence-electron chi connectivity index (χ0n) is 9.58. The van der Waals surface area contributed by atoms with Gasteiger partial charge in [-0.2, -0.15) is 0 Å². The highest BCUT2D eigenvalue weighted by atomic mass is 79.9. The van der Waals surface area contributed by atoms with Crippen LogP contribution in [0.3, 0.4) is 0 Å². The molecule has 84 valence electrons. The van der Waals surface area contributed by atoms with Crippen LogP contribution in [0.4, 0.5) is 0 Å². The first-order chi connectivity index (χ1) is 7.61. The smallest absolute Gasteiger partial charge is 0.126 e. The van der Waals surface area contributed by atoms with E-state index in [0.29, 0.717) is 0 Å². The molecule has 4 heteroatoms. The van der Waals surface area contributed by atoms with Gasteiger partial charge in [-0.25, -0.2) is 9.97 Å². The Morgan fingerprint density at radius 2 is 2.06 bits per heavy atom. The number of benzene rings is 1. The molecule has 0 saturated heterocycles. The summed E-state index contributed by atoms with van der Waals surface area (Å²) in [5, 5.41) is 4.31. The first-order valence-corrected chi connectivity index (χ1v) is 6.02. The van der Waals surface area contributed by atoms with Gasteiger partial charge in [0.1, 0.15) is 5.82 Å². The van der Waals surface area contributed by atoms with Crippen LogP contribution in [0, 0.1) is 6.92 Å². The molecule has 2 rings (SSSR count). The van der Waals surface area contributed by atoms with Crippen LogP contribution in [0.2, 0.25) is 0 Å². The third-order valence-electron chi connectivity index (χ3n) is 2.64. The predicted molar refractivity (Wildman–Crippen MR) is 69.4 cm³/mol. The normalized spacial score (nSPS) is 13.0. The Morgan fingerprint density at radius 3 is 2.75 bits per heavy atom. The van der Waals surface area contributed by atoms with Crippen LogP contribution in [-0.2, 0) is 0 Å². The number of aromatic nitrogens is 2. The van der Waals surface area contributed by atoms with Crippen molar-refractivity contribution in [1.82, 2.24) is 15.3 Å². The molecule has 2 aromatic rings. The second kappa shape index (κ2) is 4.47. The molecule has 16 heavy (non-hydrogen) atoms. The largest absolute Gasteiger partial charge is 0.312 e. The molecule has 1 atom stereocenters. The van der Waals surface area contributed by atoms with Crippen LogP contribution >= 0.6 is 15.9 Å². The maximum atomic E-state index is 4.52. The summed E-state index contributed by atoms with van der Waals surface area (Å²) in [5.41, 5.74) is 2.04. The van der Waals surface area contributed by atoms with Gasteiger partial charge in [-0.3, -0.25) is 0 Å². The van der Waals surface area contributed by atoms with E-state index in [-0.39, 0.29) is 6.04 Å². The molecule has 0 radical (unpaired) electrons. The lowest BCUT2D eigenvalue weighted by atomic mass is 10.1.